The molecule has 0 heterocycles. The molecule has 0 bridgehead atoms. The minimum atomic E-state index is -0.491. The quantitative estimate of drug-likeness (QED) is 0.290. The molecule has 0 amide bonds. The number of aliphatic imine (C=N–C) groups is 1. The van der Waals surface area contributed by atoms with Crippen LogP contribution in [0.15, 0.2) is 35.3 Å². The molecule has 0 aliphatic carbocycles. The maximum Gasteiger partial charge on any atom is 0.203 e. The molecular formula is C21H28F2IN3O3. The molecule has 0 aliphatic heterocycles. The number of nitrogens with zero attached hydrogens (tertiary/aromatic N) is 1. The van der Waals surface area contributed by atoms with Gasteiger partial charge in [0.1, 0.15) is 11.6 Å². The Morgan fingerprint density at radius 3 is 2.30 bits per heavy atom. The summed E-state index contributed by atoms with van der Waals surface area (Å²) in [6.07, 6.45) is 0.627. The maximum atomic E-state index is 13.8. The van der Waals surface area contributed by atoms with E-state index in [1.54, 1.807) is 21.3 Å². The lowest BCUT2D eigenvalue weighted by Crippen LogP contribution is -2.38. The topological polar surface area (TPSA) is 64.1 Å². The minimum absolute atomic E-state index is 0. The van der Waals surface area contributed by atoms with Crippen molar-refractivity contribution in [2.45, 2.75) is 19.9 Å². The van der Waals surface area contributed by atoms with Gasteiger partial charge in [-0.1, -0.05) is 6.07 Å². The van der Waals surface area contributed by atoms with Gasteiger partial charge in [0.15, 0.2) is 17.5 Å². The van der Waals surface area contributed by atoms with Crippen LogP contribution in [0.25, 0.3) is 0 Å². The monoisotopic (exact) mass is 535 g/mol. The molecule has 2 N–H and O–H groups in total. The fraction of sp³-hybridized carbons (Fsp3) is 0.381. The number of guanidine groups is 1. The fourth-order valence-electron chi connectivity index (χ4n) is 2.85. The highest BCUT2D eigenvalue weighted by Crippen LogP contribution is 2.39. The molecule has 6 nitrogen and oxygen atoms in total. The second-order valence-corrected chi connectivity index (χ2v) is 6.10. The SMILES string of the molecule is CCNC(=NCc1cc(F)ccc1F)NCCc1ccc(OC)c(OC)c1OC.I. The van der Waals surface area contributed by atoms with E-state index in [4.69, 9.17) is 14.2 Å². The Morgan fingerprint density at radius 1 is 0.933 bits per heavy atom. The second-order valence-electron chi connectivity index (χ2n) is 6.10. The number of methoxy groups -OCH3 is 3. The number of ether oxygens (including phenoxy) is 3. The van der Waals surface area contributed by atoms with E-state index in [9.17, 15) is 8.78 Å². The van der Waals surface area contributed by atoms with Crippen molar-refractivity contribution in [3.05, 3.63) is 53.1 Å². The van der Waals surface area contributed by atoms with Crippen LogP contribution >= 0.6 is 24.0 Å². The Hall–Kier alpha value is -2.30. The van der Waals surface area contributed by atoms with Crippen LogP contribution in [0.5, 0.6) is 17.2 Å². The summed E-state index contributed by atoms with van der Waals surface area (Å²) in [4.78, 5) is 4.33. The lowest BCUT2D eigenvalue weighted by atomic mass is 10.1. The summed E-state index contributed by atoms with van der Waals surface area (Å²) >= 11 is 0. The third-order valence-electron chi connectivity index (χ3n) is 4.23. The van der Waals surface area contributed by atoms with Crippen molar-refractivity contribution in [1.82, 2.24) is 10.6 Å². The molecule has 166 valence electrons. The average molecular weight is 535 g/mol. The van der Waals surface area contributed by atoms with Crippen LogP contribution in [0.2, 0.25) is 0 Å². The predicted octanol–water partition coefficient (Wildman–Crippen LogP) is 3.91. The normalized spacial score (nSPS) is 10.8. The molecule has 9 heteroatoms. The van der Waals surface area contributed by atoms with Gasteiger partial charge in [0.05, 0.1) is 27.9 Å². The number of hydrogen-bond donors (Lipinski definition) is 2. The molecule has 0 aromatic heterocycles. The van der Waals surface area contributed by atoms with Crippen molar-refractivity contribution in [1.29, 1.82) is 0 Å². The van der Waals surface area contributed by atoms with E-state index in [1.165, 1.54) is 0 Å². The number of nitrogens with one attached hydrogen (secondary N) is 2. The smallest absolute Gasteiger partial charge is 0.203 e. The molecule has 0 atom stereocenters. The van der Waals surface area contributed by atoms with Gasteiger partial charge in [0, 0.05) is 24.2 Å². The van der Waals surface area contributed by atoms with E-state index >= 15 is 0 Å². The Labute approximate surface area is 193 Å². The first-order chi connectivity index (χ1) is 14.0. The Morgan fingerprint density at radius 2 is 1.67 bits per heavy atom. The van der Waals surface area contributed by atoms with Crippen molar-refractivity contribution in [2.24, 2.45) is 4.99 Å². The minimum Gasteiger partial charge on any atom is -0.493 e. The highest BCUT2D eigenvalue weighted by Gasteiger charge is 2.15. The standard InChI is InChI=1S/C21H27F2N3O3.HI/c1-5-24-21(26-13-15-12-16(22)7-8-17(15)23)25-11-10-14-6-9-18(27-2)20(29-4)19(14)28-3;/h6-9,12H,5,10-11,13H2,1-4H3,(H2,24,25,26);1H. The largest absolute Gasteiger partial charge is 0.493 e. The van der Waals surface area contributed by atoms with Crippen LogP contribution in [0.4, 0.5) is 8.78 Å². The van der Waals surface area contributed by atoms with Gasteiger partial charge in [-0.05, 0) is 37.6 Å². The summed E-state index contributed by atoms with van der Waals surface area (Å²) in [6, 6.07) is 7.07. The molecule has 0 fully saturated rings. The highest BCUT2D eigenvalue weighted by atomic mass is 127. The van der Waals surface area contributed by atoms with Crippen LogP contribution in [0.1, 0.15) is 18.1 Å². The van der Waals surface area contributed by atoms with Crippen LogP contribution in [0, 0.1) is 11.6 Å². The zero-order chi connectivity index (χ0) is 21.2. The predicted molar refractivity (Wildman–Crippen MR) is 124 cm³/mol. The van der Waals surface area contributed by atoms with E-state index in [1.807, 2.05) is 19.1 Å². The summed E-state index contributed by atoms with van der Waals surface area (Å²) < 4.78 is 43.3. The number of benzene rings is 2. The molecular weight excluding hydrogens is 507 g/mol. The van der Waals surface area contributed by atoms with Crippen molar-refractivity contribution in [3.63, 3.8) is 0 Å². The molecule has 2 aromatic rings. The van der Waals surface area contributed by atoms with Crippen molar-refractivity contribution in [3.8, 4) is 17.2 Å². The van der Waals surface area contributed by atoms with Crippen LogP contribution < -0.4 is 24.8 Å². The average Bonchev–Trinajstić information content (AvgIpc) is 2.73. The van der Waals surface area contributed by atoms with Gasteiger partial charge in [-0.15, -0.1) is 24.0 Å². The van der Waals surface area contributed by atoms with Crippen molar-refractivity contribution in [2.75, 3.05) is 34.4 Å². The van der Waals surface area contributed by atoms with Gasteiger partial charge in [0.2, 0.25) is 5.75 Å². The van der Waals surface area contributed by atoms with E-state index in [-0.39, 0.29) is 36.1 Å². The zero-order valence-electron chi connectivity index (χ0n) is 17.6. The maximum absolute atomic E-state index is 13.8. The lowest BCUT2D eigenvalue weighted by molar-refractivity contribution is 0.322. The van der Waals surface area contributed by atoms with E-state index < -0.39 is 11.6 Å². The van der Waals surface area contributed by atoms with Gasteiger partial charge < -0.3 is 24.8 Å². The summed E-state index contributed by atoms with van der Waals surface area (Å²) in [6.45, 7) is 3.14. The summed E-state index contributed by atoms with van der Waals surface area (Å²) in [7, 11) is 4.70. The number of hydrogen-bond acceptors (Lipinski definition) is 4. The van der Waals surface area contributed by atoms with Crippen LogP contribution in [0.3, 0.4) is 0 Å². The summed E-state index contributed by atoms with van der Waals surface area (Å²) in [5, 5.41) is 6.28. The first kappa shape index (κ1) is 25.7. The molecule has 0 aliphatic rings. The van der Waals surface area contributed by atoms with Gasteiger partial charge in [-0.25, -0.2) is 13.8 Å². The molecule has 0 saturated carbocycles. The number of halogens is 3. The Kier molecular flexibility index (Phi) is 11.2. The fourth-order valence-corrected chi connectivity index (χ4v) is 2.85. The first-order valence-electron chi connectivity index (χ1n) is 9.27. The number of rotatable bonds is 9. The third kappa shape index (κ3) is 6.89. The zero-order valence-corrected chi connectivity index (χ0v) is 19.9. The molecule has 2 rings (SSSR count). The Balaban J connectivity index is 0.00000450. The van der Waals surface area contributed by atoms with Gasteiger partial charge >= 0.3 is 0 Å². The molecule has 2 aromatic carbocycles. The Bertz CT molecular complexity index is 850. The van der Waals surface area contributed by atoms with Gasteiger partial charge in [-0.3, -0.25) is 0 Å². The molecule has 0 saturated heterocycles. The second kappa shape index (κ2) is 13.1. The molecule has 0 radical (unpaired) electrons. The van der Waals surface area contributed by atoms with Crippen molar-refractivity contribution < 1.29 is 23.0 Å². The van der Waals surface area contributed by atoms with Gasteiger partial charge in [-0.2, -0.15) is 0 Å². The first-order valence-corrected chi connectivity index (χ1v) is 9.27. The van der Waals surface area contributed by atoms with E-state index in [0.29, 0.717) is 42.7 Å². The third-order valence-corrected chi connectivity index (χ3v) is 4.23. The van der Waals surface area contributed by atoms with Crippen LogP contribution in [-0.4, -0.2) is 40.4 Å². The molecule has 30 heavy (non-hydrogen) atoms. The van der Waals surface area contributed by atoms with Gasteiger partial charge in [0.25, 0.3) is 0 Å². The molecule has 0 unspecified atom stereocenters. The summed E-state index contributed by atoms with van der Waals surface area (Å²) in [5.41, 5.74) is 1.13. The van der Waals surface area contributed by atoms with E-state index in [2.05, 4.69) is 15.6 Å². The van der Waals surface area contributed by atoms with E-state index in [0.717, 1.165) is 23.8 Å². The van der Waals surface area contributed by atoms with Crippen molar-refractivity contribution >= 4 is 29.9 Å². The van der Waals surface area contributed by atoms with Crippen LogP contribution in [-0.2, 0) is 13.0 Å². The summed E-state index contributed by atoms with van der Waals surface area (Å²) in [5.74, 6) is 1.27. The molecule has 0 spiro atoms. The highest BCUT2D eigenvalue weighted by molar-refractivity contribution is 14.0. The lowest BCUT2D eigenvalue weighted by Gasteiger charge is -2.16.